The lowest BCUT2D eigenvalue weighted by atomic mass is 9.98. The molecule has 1 saturated carbocycles. The van der Waals surface area contributed by atoms with Gasteiger partial charge in [-0.2, -0.15) is 0 Å². The molecule has 1 atom stereocenters. The van der Waals surface area contributed by atoms with Crippen molar-refractivity contribution in [2.24, 2.45) is 0 Å². The summed E-state index contributed by atoms with van der Waals surface area (Å²) in [5, 5.41) is 12.5. The van der Waals surface area contributed by atoms with Crippen molar-refractivity contribution < 1.29 is 14.6 Å². The average molecular weight is 256 g/mol. The smallest absolute Gasteiger partial charge is 0.250 e. The maximum atomic E-state index is 12.2. The van der Waals surface area contributed by atoms with Crippen molar-refractivity contribution in [3.8, 4) is 0 Å². The van der Waals surface area contributed by atoms with Gasteiger partial charge < -0.3 is 15.2 Å². The van der Waals surface area contributed by atoms with Crippen molar-refractivity contribution >= 4 is 5.91 Å². The molecule has 2 rings (SSSR count). The van der Waals surface area contributed by atoms with Crippen LogP contribution in [0.4, 0.5) is 0 Å². The van der Waals surface area contributed by atoms with E-state index in [4.69, 9.17) is 4.74 Å². The first kappa shape index (κ1) is 13.8. The molecule has 5 heteroatoms. The van der Waals surface area contributed by atoms with Crippen LogP contribution in [0.5, 0.6) is 0 Å². The van der Waals surface area contributed by atoms with Crippen molar-refractivity contribution in [2.75, 3.05) is 32.8 Å². The van der Waals surface area contributed by atoms with Gasteiger partial charge in [-0.05, 0) is 19.4 Å². The number of nitrogens with one attached hydrogen (secondary N) is 1. The standard InChI is InChI=1S/C13H24N2O3/c1-2-15-7-8-18-11(9-15)12(17)14-13(10-16)5-3-4-6-13/h11,16H,2-10H2,1H3,(H,14,17). The van der Waals surface area contributed by atoms with Crippen molar-refractivity contribution in [3.63, 3.8) is 0 Å². The zero-order chi connectivity index (χ0) is 13.0. The number of ether oxygens (including phenoxy) is 1. The number of carbonyl (C=O) groups excluding carboxylic acids is 1. The van der Waals surface area contributed by atoms with E-state index in [9.17, 15) is 9.90 Å². The maximum absolute atomic E-state index is 12.2. The zero-order valence-corrected chi connectivity index (χ0v) is 11.2. The van der Waals surface area contributed by atoms with Gasteiger partial charge in [-0.15, -0.1) is 0 Å². The highest BCUT2D eigenvalue weighted by molar-refractivity contribution is 5.82. The number of rotatable bonds is 4. The minimum absolute atomic E-state index is 0.0307. The van der Waals surface area contributed by atoms with E-state index in [1.165, 1.54) is 0 Å². The SMILES string of the molecule is CCN1CCOC(C(=O)NC2(CO)CCCC2)C1. The van der Waals surface area contributed by atoms with Gasteiger partial charge in [0.1, 0.15) is 6.10 Å². The summed E-state index contributed by atoms with van der Waals surface area (Å²) in [6.45, 7) is 5.22. The summed E-state index contributed by atoms with van der Waals surface area (Å²) in [6.07, 6.45) is 3.52. The summed E-state index contributed by atoms with van der Waals surface area (Å²) in [6, 6.07) is 0. The minimum Gasteiger partial charge on any atom is -0.394 e. The van der Waals surface area contributed by atoms with Crippen molar-refractivity contribution in [2.45, 2.75) is 44.2 Å². The predicted octanol–water partition coefficient (Wildman–Crippen LogP) is 0.128. The molecule has 0 aromatic heterocycles. The van der Waals surface area contributed by atoms with E-state index >= 15 is 0 Å². The minimum atomic E-state index is -0.394. The average Bonchev–Trinajstić information content (AvgIpc) is 2.88. The molecule has 0 spiro atoms. The number of amides is 1. The van der Waals surface area contributed by atoms with Crippen LogP contribution in [-0.4, -0.2) is 60.4 Å². The first-order chi connectivity index (χ1) is 8.69. The predicted molar refractivity (Wildman–Crippen MR) is 68.3 cm³/mol. The molecule has 5 nitrogen and oxygen atoms in total. The van der Waals surface area contributed by atoms with E-state index in [0.29, 0.717) is 13.2 Å². The van der Waals surface area contributed by atoms with E-state index in [1.54, 1.807) is 0 Å². The van der Waals surface area contributed by atoms with E-state index in [2.05, 4.69) is 17.1 Å². The molecule has 1 amide bonds. The quantitative estimate of drug-likeness (QED) is 0.750. The lowest BCUT2D eigenvalue weighted by Crippen LogP contribution is -2.56. The Morgan fingerprint density at radius 1 is 1.50 bits per heavy atom. The molecule has 2 fully saturated rings. The second-order valence-electron chi connectivity index (χ2n) is 5.39. The van der Waals surface area contributed by atoms with E-state index < -0.39 is 5.54 Å². The molecule has 0 aromatic carbocycles. The maximum Gasteiger partial charge on any atom is 0.250 e. The first-order valence-electron chi connectivity index (χ1n) is 6.96. The number of carbonyl (C=O) groups is 1. The molecule has 0 bridgehead atoms. The zero-order valence-electron chi connectivity index (χ0n) is 11.2. The van der Waals surface area contributed by atoms with Crippen LogP contribution in [0.2, 0.25) is 0 Å². The van der Waals surface area contributed by atoms with Crippen LogP contribution >= 0.6 is 0 Å². The van der Waals surface area contributed by atoms with Gasteiger partial charge in [0.2, 0.25) is 0 Å². The van der Waals surface area contributed by atoms with Gasteiger partial charge in [-0.3, -0.25) is 9.69 Å². The Hall–Kier alpha value is -0.650. The van der Waals surface area contributed by atoms with Crippen LogP contribution in [0.1, 0.15) is 32.6 Å². The third-order valence-electron chi connectivity index (χ3n) is 4.14. The van der Waals surface area contributed by atoms with Crippen LogP contribution < -0.4 is 5.32 Å². The number of hydrogen-bond donors (Lipinski definition) is 2. The van der Waals surface area contributed by atoms with Crippen molar-refractivity contribution in [3.05, 3.63) is 0 Å². The van der Waals surface area contributed by atoms with Gasteiger partial charge in [-0.1, -0.05) is 19.8 Å². The van der Waals surface area contributed by atoms with E-state index in [-0.39, 0.29) is 18.6 Å². The summed E-state index contributed by atoms with van der Waals surface area (Å²) >= 11 is 0. The van der Waals surface area contributed by atoms with Crippen LogP contribution in [0.3, 0.4) is 0 Å². The van der Waals surface area contributed by atoms with E-state index in [0.717, 1.165) is 38.8 Å². The topological polar surface area (TPSA) is 61.8 Å². The molecule has 1 unspecified atom stereocenters. The van der Waals surface area contributed by atoms with Crippen LogP contribution in [0.15, 0.2) is 0 Å². The Labute approximate surface area is 108 Å². The highest BCUT2D eigenvalue weighted by Gasteiger charge is 2.37. The third kappa shape index (κ3) is 3.02. The summed E-state index contributed by atoms with van der Waals surface area (Å²) in [7, 11) is 0. The Bertz CT molecular complexity index is 290. The fourth-order valence-electron chi connectivity index (χ4n) is 2.86. The lowest BCUT2D eigenvalue weighted by molar-refractivity contribution is -0.141. The van der Waals surface area contributed by atoms with Crippen LogP contribution in [-0.2, 0) is 9.53 Å². The van der Waals surface area contributed by atoms with Gasteiger partial charge in [0.05, 0.1) is 18.8 Å². The fraction of sp³-hybridized carbons (Fsp3) is 0.923. The lowest BCUT2D eigenvalue weighted by Gasteiger charge is -2.34. The van der Waals surface area contributed by atoms with Gasteiger partial charge in [0.25, 0.3) is 5.91 Å². The van der Waals surface area contributed by atoms with Gasteiger partial charge >= 0.3 is 0 Å². The molecule has 18 heavy (non-hydrogen) atoms. The van der Waals surface area contributed by atoms with Crippen molar-refractivity contribution in [1.29, 1.82) is 0 Å². The Kier molecular flexibility index (Phi) is 4.59. The molecule has 2 aliphatic rings. The summed E-state index contributed by atoms with van der Waals surface area (Å²) in [5.74, 6) is -0.0656. The monoisotopic (exact) mass is 256 g/mol. The first-order valence-corrected chi connectivity index (χ1v) is 6.96. The molecular weight excluding hydrogens is 232 g/mol. The molecular formula is C13H24N2O3. The van der Waals surface area contributed by atoms with Crippen molar-refractivity contribution in [1.82, 2.24) is 10.2 Å². The summed E-state index contributed by atoms with van der Waals surface area (Å²) in [4.78, 5) is 14.4. The second kappa shape index (κ2) is 5.99. The number of hydrogen-bond acceptors (Lipinski definition) is 4. The fourth-order valence-corrected chi connectivity index (χ4v) is 2.86. The summed E-state index contributed by atoms with van der Waals surface area (Å²) in [5.41, 5.74) is -0.394. The molecule has 104 valence electrons. The van der Waals surface area contributed by atoms with Crippen LogP contribution in [0.25, 0.3) is 0 Å². The van der Waals surface area contributed by atoms with Gasteiger partial charge in [0.15, 0.2) is 0 Å². The Morgan fingerprint density at radius 2 is 2.22 bits per heavy atom. The normalized spacial score (nSPS) is 28.2. The molecule has 0 aromatic rings. The highest BCUT2D eigenvalue weighted by atomic mass is 16.5. The molecule has 1 heterocycles. The van der Waals surface area contributed by atoms with E-state index in [1.807, 2.05) is 0 Å². The Morgan fingerprint density at radius 3 is 2.83 bits per heavy atom. The largest absolute Gasteiger partial charge is 0.394 e. The third-order valence-corrected chi connectivity index (χ3v) is 4.14. The molecule has 1 aliphatic heterocycles. The number of likely N-dealkylation sites (N-methyl/N-ethyl adjacent to an activating group) is 1. The molecule has 0 radical (unpaired) electrons. The Balaban J connectivity index is 1.90. The second-order valence-corrected chi connectivity index (χ2v) is 5.39. The van der Waals surface area contributed by atoms with Gasteiger partial charge in [-0.25, -0.2) is 0 Å². The number of nitrogens with zero attached hydrogens (tertiary/aromatic N) is 1. The number of aliphatic hydroxyl groups excluding tert-OH is 1. The summed E-state index contributed by atoms with van der Waals surface area (Å²) < 4.78 is 5.54. The molecule has 2 N–H and O–H groups in total. The highest BCUT2D eigenvalue weighted by Crippen LogP contribution is 2.29. The van der Waals surface area contributed by atoms with Crippen LogP contribution in [0, 0.1) is 0 Å². The number of aliphatic hydroxyl groups is 1. The molecule has 1 saturated heterocycles. The molecule has 1 aliphatic carbocycles. The van der Waals surface area contributed by atoms with Gasteiger partial charge in [0, 0.05) is 13.1 Å². The number of morpholine rings is 1.